The van der Waals surface area contributed by atoms with Crippen LogP contribution < -0.4 is 10.1 Å². The molecule has 0 fully saturated rings. The number of Topliss-reactive ketones (excluding diaryl/α,β-unsaturated/α-hetero) is 1. The summed E-state index contributed by atoms with van der Waals surface area (Å²) in [4.78, 5) is 43.8. The van der Waals surface area contributed by atoms with E-state index in [2.05, 4.69) is 10.5 Å². The second-order valence-electron chi connectivity index (χ2n) is 6.58. The number of methoxy groups -OCH3 is 1. The first-order chi connectivity index (χ1) is 14.5. The molecule has 2 aromatic rings. The van der Waals surface area contributed by atoms with Gasteiger partial charge in [0.05, 0.1) is 20.1 Å². The van der Waals surface area contributed by atoms with E-state index < -0.39 is 23.3 Å². The Morgan fingerprint density at radius 3 is 2.43 bits per heavy atom. The SMILES string of the molecule is CCOC(=O)C1=NOC(C(=O)NCc2ccccc2)(C(=O)c2ccc(OC)cc2)C1. The number of hydrogen-bond acceptors (Lipinski definition) is 7. The number of nitrogens with zero attached hydrogens (tertiary/aromatic N) is 1. The molecule has 0 saturated carbocycles. The molecule has 1 aliphatic rings. The van der Waals surface area contributed by atoms with Crippen molar-refractivity contribution in [1.29, 1.82) is 0 Å². The number of benzene rings is 2. The molecule has 1 heterocycles. The molecule has 8 nitrogen and oxygen atoms in total. The minimum absolute atomic E-state index is 0.117. The zero-order valence-electron chi connectivity index (χ0n) is 16.7. The second-order valence-corrected chi connectivity index (χ2v) is 6.58. The Balaban J connectivity index is 1.85. The van der Waals surface area contributed by atoms with Crippen molar-refractivity contribution in [3.05, 3.63) is 65.7 Å². The third kappa shape index (κ3) is 4.32. The summed E-state index contributed by atoms with van der Waals surface area (Å²) >= 11 is 0. The summed E-state index contributed by atoms with van der Waals surface area (Å²) in [5, 5.41) is 6.41. The monoisotopic (exact) mass is 410 g/mol. The van der Waals surface area contributed by atoms with E-state index in [0.29, 0.717) is 5.75 Å². The van der Waals surface area contributed by atoms with Crippen LogP contribution in [0.1, 0.15) is 29.3 Å². The first-order valence-corrected chi connectivity index (χ1v) is 9.43. The molecule has 0 aromatic heterocycles. The molecule has 0 radical (unpaired) electrons. The van der Waals surface area contributed by atoms with Crippen molar-refractivity contribution in [2.45, 2.75) is 25.5 Å². The third-order valence-electron chi connectivity index (χ3n) is 4.62. The lowest BCUT2D eigenvalue weighted by Crippen LogP contribution is -2.53. The van der Waals surface area contributed by atoms with Crippen molar-refractivity contribution < 1.29 is 28.7 Å². The van der Waals surface area contributed by atoms with Crippen LogP contribution in [0.25, 0.3) is 0 Å². The summed E-state index contributed by atoms with van der Waals surface area (Å²) < 4.78 is 10.0. The van der Waals surface area contributed by atoms with Gasteiger partial charge in [-0.2, -0.15) is 0 Å². The lowest BCUT2D eigenvalue weighted by Gasteiger charge is -2.24. The maximum absolute atomic E-state index is 13.3. The molecule has 1 amide bonds. The largest absolute Gasteiger partial charge is 0.497 e. The zero-order chi connectivity index (χ0) is 21.6. The third-order valence-corrected chi connectivity index (χ3v) is 4.62. The molecule has 30 heavy (non-hydrogen) atoms. The van der Waals surface area contributed by atoms with Crippen LogP contribution in [0.4, 0.5) is 0 Å². The van der Waals surface area contributed by atoms with Gasteiger partial charge in [-0.3, -0.25) is 9.59 Å². The summed E-state index contributed by atoms with van der Waals surface area (Å²) in [6.07, 6.45) is -0.322. The Hall–Kier alpha value is -3.68. The summed E-state index contributed by atoms with van der Waals surface area (Å²) in [5.74, 6) is -1.46. The highest BCUT2D eigenvalue weighted by Gasteiger charge is 2.55. The molecule has 156 valence electrons. The molecule has 1 aliphatic heterocycles. The molecule has 1 atom stereocenters. The average molecular weight is 410 g/mol. The molecular formula is C22H22N2O6. The number of amides is 1. The van der Waals surface area contributed by atoms with E-state index in [4.69, 9.17) is 14.3 Å². The summed E-state index contributed by atoms with van der Waals surface area (Å²) in [6.45, 7) is 1.98. The molecule has 3 rings (SSSR count). The molecule has 1 unspecified atom stereocenters. The lowest BCUT2D eigenvalue weighted by molar-refractivity contribution is -0.138. The molecular weight excluding hydrogens is 388 g/mol. The topological polar surface area (TPSA) is 103 Å². The molecule has 0 bridgehead atoms. The van der Waals surface area contributed by atoms with E-state index in [1.165, 1.54) is 19.2 Å². The van der Waals surface area contributed by atoms with Crippen molar-refractivity contribution in [2.75, 3.05) is 13.7 Å². The van der Waals surface area contributed by atoms with E-state index in [1.54, 1.807) is 19.1 Å². The van der Waals surface area contributed by atoms with Gasteiger partial charge in [-0.05, 0) is 36.8 Å². The Morgan fingerprint density at radius 1 is 1.10 bits per heavy atom. The van der Waals surface area contributed by atoms with E-state index in [0.717, 1.165) is 5.56 Å². The van der Waals surface area contributed by atoms with Gasteiger partial charge in [-0.25, -0.2) is 4.79 Å². The quantitative estimate of drug-likeness (QED) is 0.407. The van der Waals surface area contributed by atoms with Gasteiger partial charge in [0, 0.05) is 12.1 Å². The first-order valence-electron chi connectivity index (χ1n) is 9.43. The standard InChI is InChI=1S/C22H22N2O6/c1-3-29-20(26)18-13-22(30-24-18,19(25)16-9-11-17(28-2)12-10-16)21(27)23-14-15-7-5-4-6-8-15/h4-12H,3,13-14H2,1-2H3,(H,23,27). The van der Waals surface area contributed by atoms with Crippen LogP contribution in [0.5, 0.6) is 5.75 Å². The van der Waals surface area contributed by atoms with Crippen LogP contribution in [0.2, 0.25) is 0 Å². The van der Waals surface area contributed by atoms with E-state index in [-0.39, 0.29) is 30.8 Å². The van der Waals surface area contributed by atoms with Gasteiger partial charge < -0.3 is 19.6 Å². The van der Waals surface area contributed by atoms with Crippen molar-refractivity contribution in [3.63, 3.8) is 0 Å². The summed E-state index contributed by atoms with van der Waals surface area (Å²) in [7, 11) is 1.51. The highest BCUT2D eigenvalue weighted by molar-refractivity contribution is 6.39. The van der Waals surface area contributed by atoms with Crippen molar-refractivity contribution in [2.24, 2.45) is 5.16 Å². The number of nitrogens with one attached hydrogen (secondary N) is 1. The van der Waals surface area contributed by atoms with Gasteiger partial charge in [-0.1, -0.05) is 35.5 Å². The van der Waals surface area contributed by atoms with Crippen molar-refractivity contribution in [1.82, 2.24) is 5.32 Å². The van der Waals surface area contributed by atoms with Crippen LogP contribution in [0, 0.1) is 0 Å². The fourth-order valence-electron chi connectivity index (χ4n) is 3.00. The van der Waals surface area contributed by atoms with Crippen molar-refractivity contribution >= 4 is 23.4 Å². The smallest absolute Gasteiger partial charge is 0.356 e. The van der Waals surface area contributed by atoms with Crippen LogP contribution in [0.3, 0.4) is 0 Å². The van der Waals surface area contributed by atoms with Gasteiger partial charge in [-0.15, -0.1) is 0 Å². The minimum atomic E-state index is -1.99. The number of oxime groups is 1. The number of hydrogen-bond donors (Lipinski definition) is 1. The van der Waals surface area contributed by atoms with E-state index in [1.807, 2.05) is 30.3 Å². The number of ether oxygens (including phenoxy) is 2. The second kappa shape index (κ2) is 9.21. The van der Waals surface area contributed by atoms with E-state index in [9.17, 15) is 14.4 Å². The Labute approximate surface area is 173 Å². The Morgan fingerprint density at radius 2 is 1.80 bits per heavy atom. The van der Waals surface area contributed by atoms with Gasteiger partial charge in [0.15, 0.2) is 5.71 Å². The molecule has 0 spiro atoms. The number of ketones is 1. The maximum Gasteiger partial charge on any atom is 0.356 e. The molecule has 8 heteroatoms. The van der Waals surface area contributed by atoms with Gasteiger partial charge >= 0.3 is 5.97 Å². The van der Waals surface area contributed by atoms with Gasteiger partial charge in [0.2, 0.25) is 5.78 Å². The minimum Gasteiger partial charge on any atom is -0.497 e. The maximum atomic E-state index is 13.3. The summed E-state index contributed by atoms with van der Waals surface area (Å²) in [6, 6.07) is 15.5. The lowest BCUT2D eigenvalue weighted by atomic mass is 9.87. The Kier molecular flexibility index (Phi) is 6.46. The van der Waals surface area contributed by atoms with E-state index >= 15 is 0 Å². The predicted octanol–water partition coefficient (Wildman–Crippen LogP) is 2.27. The first kappa shape index (κ1) is 21.0. The number of rotatable bonds is 8. The highest BCUT2D eigenvalue weighted by Crippen LogP contribution is 2.30. The molecule has 2 aromatic carbocycles. The normalized spacial score (nSPS) is 17.5. The fourth-order valence-corrected chi connectivity index (χ4v) is 3.00. The van der Waals surface area contributed by atoms with Crippen LogP contribution >= 0.6 is 0 Å². The molecule has 0 saturated heterocycles. The highest BCUT2D eigenvalue weighted by atomic mass is 16.7. The van der Waals surface area contributed by atoms with Gasteiger partial charge in [0.1, 0.15) is 5.75 Å². The Bertz CT molecular complexity index is 955. The average Bonchev–Trinajstić information content (AvgIpc) is 3.25. The molecule has 0 aliphatic carbocycles. The van der Waals surface area contributed by atoms with Gasteiger partial charge in [0.25, 0.3) is 11.5 Å². The zero-order valence-corrected chi connectivity index (χ0v) is 16.7. The van der Waals surface area contributed by atoms with Crippen LogP contribution in [-0.4, -0.2) is 42.7 Å². The van der Waals surface area contributed by atoms with Crippen LogP contribution in [-0.2, 0) is 25.7 Å². The van der Waals surface area contributed by atoms with Crippen molar-refractivity contribution in [3.8, 4) is 5.75 Å². The number of carbonyl (C=O) groups is 3. The number of carbonyl (C=O) groups excluding carboxylic acids is 3. The predicted molar refractivity (Wildman–Crippen MR) is 108 cm³/mol. The number of esters is 1. The summed E-state index contributed by atoms with van der Waals surface area (Å²) in [5.41, 5.74) is -1.03. The van der Waals surface area contributed by atoms with Crippen LogP contribution in [0.15, 0.2) is 59.8 Å². The fraction of sp³-hybridized carbons (Fsp3) is 0.273. The molecule has 1 N–H and O–H groups in total.